The highest BCUT2D eigenvalue weighted by Crippen LogP contribution is 2.29. The largest absolute Gasteiger partial charge is 0.368 e. The number of hydrogen-bond acceptors (Lipinski definition) is 3. The van der Waals surface area contributed by atoms with E-state index in [2.05, 4.69) is 54.2 Å². The predicted molar refractivity (Wildman–Crippen MR) is 80.8 cm³/mol. The van der Waals surface area contributed by atoms with Crippen LogP contribution in [0.15, 0.2) is 18.2 Å². The maximum Gasteiger partial charge on any atom is 0.0403 e. The van der Waals surface area contributed by atoms with E-state index in [0.717, 1.165) is 26.2 Å². The Hall–Kier alpha value is -1.06. The molecule has 3 nitrogen and oxygen atoms in total. The first-order valence-corrected chi connectivity index (χ1v) is 7.45. The summed E-state index contributed by atoms with van der Waals surface area (Å²) < 4.78 is 0. The van der Waals surface area contributed by atoms with Gasteiger partial charge in [-0.25, -0.2) is 0 Å². The zero-order valence-corrected chi connectivity index (χ0v) is 12.3. The minimum Gasteiger partial charge on any atom is -0.368 e. The molecule has 1 N–H and O–H groups in total. The Labute approximate surface area is 116 Å². The molecule has 2 aliphatic heterocycles. The maximum atomic E-state index is 3.47. The second-order valence-electron chi connectivity index (χ2n) is 6.11. The maximum absolute atomic E-state index is 3.47. The number of hydrogen-bond donors (Lipinski definition) is 1. The van der Waals surface area contributed by atoms with Gasteiger partial charge in [0.2, 0.25) is 0 Å². The van der Waals surface area contributed by atoms with E-state index in [1.807, 2.05) is 0 Å². The molecular weight excluding hydrogens is 234 g/mol. The molecule has 104 valence electrons. The van der Waals surface area contributed by atoms with Crippen molar-refractivity contribution in [3.8, 4) is 0 Å². The first-order chi connectivity index (χ1) is 9.16. The molecule has 2 heterocycles. The summed E-state index contributed by atoms with van der Waals surface area (Å²) in [6, 6.07) is 8.06. The molecule has 1 fully saturated rings. The van der Waals surface area contributed by atoms with Crippen LogP contribution in [0.25, 0.3) is 0 Å². The highest BCUT2D eigenvalue weighted by molar-refractivity contribution is 5.58. The molecule has 0 bridgehead atoms. The van der Waals surface area contributed by atoms with Gasteiger partial charge in [0.25, 0.3) is 0 Å². The van der Waals surface area contributed by atoms with Crippen molar-refractivity contribution in [1.82, 2.24) is 10.2 Å². The van der Waals surface area contributed by atoms with Gasteiger partial charge in [-0.15, -0.1) is 0 Å². The van der Waals surface area contributed by atoms with E-state index in [1.165, 1.54) is 17.7 Å². The Morgan fingerprint density at radius 2 is 1.89 bits per heavy atom. The number of benzene rings is 1. The first kappa shape index (κ1) is 12.9. The molecule has 1 aromatic rings. The van der Waals surface area contributed by atoms with Crippen molar-refractivity contribution in [2.45, 2.75) is 38.9 Å². The van der Waals surface area contributed by atoms with Crippen LogP contribution >= 0.6 is 0 Å². The molecule has 0 saturated carbocycles. The van der Waals surface area contributed by atoms with Crippen LogP contribution in [0.3, 0.4) is 0 Å². The van der Waals surface area contributed by atoms with E-state index in [4.69, 9.17) is 0 Å². The summed E-state index contributed by atoms with van der Waals surface area (Å²) in [6.45, 7) is 9.10. The van der Waals surface area contributed by atoms with Crippen LogP contribution in [0.2, 0.25) is 0 Å². The summed E-state index contributed by atoms with van der Waals surface area (Å²) in [4.78, 5) is 5.09. The smallest absolute Gasteiger partial charge is 0.0403 e. The number of rotatable bonds is 1. The van der Waals surface area contributed by atoms with Crippen LogP contribution in [-0.2, 0) is 13.0 Å². The minimum atomic E-state index is 0.626. The number of nitrogens with zero attached hydrogens (tertiary/aromatic N) is 2. The highest BCUT2D eigenvalue weighted by Gasteiger charge is 2.28. The topological polar surface area (TPSA) is 18.5 Å². The Morgan fingerprint density at radius 3 is 2.63 bits per heavy atom. The van der Waals surface area contributed by atoms with Gasteiger partial charge in [0.05, 0.1) is 0 Å². The molecule has 19 heavy (non-hydrogen) atoms. The second-order valence-corrected chi connectivity index (χ2v) is 6.11. The highest BCUT2D eigenvalue weighted by atomic mass is 15.3. The van der Waals surface area contributed by atoms with E-state index in [-0.39, 0.29) is 0 Å². The van der Waals surface area contributed by atoms with Crippen molar-refractivity contribution in [2.75, 3.05) is 31.6 Å². The van der Waals surface area contributed by atoms with Crippen molar-refractivity contribution < 1.29 is 0 Å². The van der Waals surface area contributed by atoms with Gasteiger partial charge in [-0.1, -0.05) is 12.1 Å². The van der Waals surface area contributed by atoms with Crippen molar-refractivity contribution in [1.29, 1.82) is 0 Å². The lowest BCUT2D eigenvalue weighted by atomic mass is 9.97. The Bertz CT molecular complexity index is 445. The molecule has 1 saturated heterocycles. The molecule has 0 amide bonds. The SMILES string of the molecule is CC1CN(c2cccc3c2CCNC3)C[C@H](C)N1C. The van der Waals surface area contributed by atoms with Crippen molar-refractivity contribution >= 4 is 5.69 Å². The van der Waals surface area contributed by atoms with Crippen LogP contribution in [0.1, 0.15) is 25.0 Å². The third kappa shape index (κ3) is 2.37. The van der Waals surface area contributed by atoms with E-state index in [0.29, 0.717) is 12.1 Å². The lowest BCUT2D eigenvalue weighted by Crippen LogP contribution is -2.55. The van der Waals surface area contributed by atoms with E-state index in [9.17, 15) is 0 Å². The summed E-state index contributed by atoms with van der Waals surface area (Å²) in [5, 5.41) is 3.47. The Balaban J connectivity index is 1.90. The fourth-order valence-electron chi connectivity index (χ4n) is 3.41. The summed E-state index contributed by atoms with van der Waals surface area (Å²) >= 11 is 0. The van der Waals surface area contributed by atoms with E-state index in [1.54, 1.807) is 5.56 Å². The molecule has 1 unspecified atom stereocenters. The van der Waals surface area contributed by atoms with Gasteiger partial charge in [-0.3, -0.25) is 4.90 Å². The molecule has 0 radical (unpaired) electrons. The van der Waals surface area contributed by atoms with Gasteiger partial charge in [0.1, 0.15) is 0 Å². The van der Waals surface area contributed by atoms with Crippen molar-refractivity contribution in [2.24, 2.45) is 0 Å². The molecular formula is C16H25N3. The second kappa shape index (κ2) is 5.14. The number of anilines is 1. The number of fused-ring (bicyclic) bond motifs is 1. The first-order valence-electron chi connectivity index (χ1n) is 7.45. The van der Waals surface area contributed by atoms with E-state index >= 15 is 0 Å². The Morgan fingerprint density at radius 1 is 1.16 bits per heavy atom. The molecule has 3 heteroatoms. The monoisotopic (exact) mass is 259 g/mol. The summed E-state index contributed by atoms with van der Waals surface area (Å²) in [5.41, 5.74) is 4.54. The zero-order chi connectivity index (χ0) is 13.4. The van der Waals surface area contributed by atoms with Crippen LogP contribution in [-0.4, -0.2) is 43.7 Å². The molecule has 0 aliphatic carbocycles. The van der Waals surface area contributed by atoms with Crippen molar-refractivity contribution in [3.05, 3.63) is 29.3 Å². The lowest BCUT2D eigenvalue weighted by molar-refractivity contribution is 0.170. The molecule has 3 rings (SSSR count). The lowest BCUT2D eigenvalue weighted by Gasteiger charge is -2.44. The minimum absolute atomic E-state index is 0.626. The zero-order valence-electron chi connectivity index (χ0n) is 12.3. The molecule has 0 aromatic heterocycles. The van der Waals surface area contributed by atoms with Gasteiger partial charge < -0.3 is 10.2 Å². The number of nitrogens with one attached hydrogen (secondary N) is 1. The molecule has 2 atom stereocenters. The fourth-order valence-corrected chi connectivity index (χ4v) is 3.41. The van der Waals surface area contributed by atoms with Crippen molar-refractivity contribution in [3.63, 3.8) is 0 Å². The fraction of sp³-hybridized carbons (Fsp3) is 0.625. The molecule has 2 aliphatic rings. The normalized spacial score (nSPS) is 28.3. The van der Waals surface area contributed by atoms with Gasteiger partial charge in [-0.05, 0) is 51.1 Å². The third-order valence-corrected chi connectivity index (χ3v) is 4.82. The third-order valence-electron chi connectivity index (χ3n) is 4.82. The van der Waals surface area contributed by atoms with Crippen LogP contribution in [0.5, 0.6) is 0 Å². The van der Waals surface area contributed by atoms with E-state index < -0.39 is 0 Å². The number of likely N-dealkylation sites (N-methyl/N-ethyl adjacent to an activating group) is 1. The summed E-state index contributed by atoms with van der Waals surface area (Å²) in [6.07, 6.45) is 1.17. The van der Waals surface area contributed by atoms with Crippen LogP contribution in [0.4, 0.5) is 5.69 Å². The molecule has 0 spiro atoms. The Kier molecular flexibility index (Phi) is 3.50. The standard InChI is InChI=1S/C16H25N3/c1-12-10-19(11-13(2)18(12)3)16-6-4-5-14-9-17-8-7-15(14)16/h4-6,12-13,17H,7-11H2,1-3H3/t12-,13?/m0/s1. The average molecular weight is 259 g/mol. The van der Waals surface area contributed by atoms with Crippen LogP contribution in [0, 0.1) is 0 Å². The van der Waals surface area contributed by atoms with Gasteiger partial charge >= 0.3 is 0 Å². The molecule has 1 aromatic carbocycles. The van der Waals surface area contributed by atoms with Gasteiger partial charge in [0.15, 0.2) is 0 Å². The van der Waals surface area contributed by atoms with Gasteiger partial charge in [0, 0.05) is 37.4 Å². The summed E-state index contributed by atoms with van der Waals surface area (Å²) in [7, 11) is 2.25. The average Bonchev–Trinajstić information content (AvgIpc) is 2.43. The quantitative estimate of drug-likeness (QED) is 0.830. The van der Waals surface area contributed by atoms with Gasteiger partial charge in [-0.2, -0.15) is 0 Å². The predicted octanol–water partition coefficient (Wildman–Crippen LogP) is 1.86. The number of piperazine rings is 1. The van der Waals surface area contributed by atoms with Crippen LogP contribution < -0.4 is 10.2 Å². The summed E-state index contributed by atoms with van der Waals surface area (Å²) in [5.74, 6) is 0.